The summed E-state index contributed by atoms with van der Waals surface area (Å²) in [6, 6.07) is -2.21. The van der Waals surface area contributed by atoms with Gasteiger partial charge in [-0.3, -0.25) is 24.1 Å². The number of nitrogens with one attached hydrogen (secondary N) is 2. The molecule has 0 aliphatic carbocycles. The molecule has 4 amide bonds. The van der Waals surface area contributed by atoms with Gasteiger partial charge in [0.25, 0.3) is 0 Å². The second-order valence-corrected chi connectivity index (χ2v) is 16.0. The smallest absolute Gasteiger partial charge is 0.249 e. The summed E-state index contributed by atoms with van der Waals surface area (Å²) in [5.74, 6) is -0.812. The van der Waals surface area contributed by atoms with Gasteiger partial charge < -0.3 is 25.5 Å². The topological polar surface area (TPSA) is 122 Å². The average molecular weight is 634 g/mol. The maximum Gasteiger partial charge on any atom is 0.249 e. The predicted octanol–water partition coefficient (Wildman–Crippen LogP) is 3.72. The van der Waals surface area contributed by atoms with E-state index in [1.165, 1.54) is 0 Å². The number of carbonyl (C=O) groups excluding carboxylic acids is 4. The number of nitrogens with zero attached hydrogens (tertiary/aromatic N) is 3. The zero-order chi connectivity index (χ0) is 34.4. The zero-order valence-electron chi connectivity index (χ0n) is 30.2. The Labute approximate surface area is 272 Å². The predicted molar refractivity (Wildman–Crippen MR) is 179 cm³/mol. The Bertz CT molecular complexity index is 1070. The summed E-state index contributed by atoms with van der Waals surface area (Å²) in [6.07, 6.45) is 5.92. The van der Waals surface area contributed by atoms with Gasteiger partial charge in [0.15, 0.2) is 0 Å². The van der Waals surface area contributed by atoms with Crippen LogP contribution in [0.4, 0.5) is 0 Å². The minimum atomic E-state index is -0.745. The van der Waals surface area contributed by atoms with E-state index in [4.69, 9.17) is 0 Å². The highest BCUT2D eigenvalue weighted by atomic mass is 16.3. The van der Waals surface area contributed by atoms with E-state index in [2.05, 4.69) is 29.4 Å². The van der Waals surface area contributed by atoms with E-state index >= 15 is 0 Å². The fourth-order valence-corrected chi connectivity index (χ4v) is 6.48. The number of rotatable bonds is 11. The van der Waals surface area contributed by atoms with E-state index in [0.717, 1.165) is 25.8 Å². The van der Waals surface area contributed by atoms with Crippen molar-refractivity contribution in [1.29, 1.82) is 0 Å². The lowest BCUT2D eigenvalue weighted by atomic mass is 9.84. The molecule has 10 nitrogen and oxygen atoms in total. The molecule has 0 aromatic carbocycles. The van der Waals surface area contributed by atoms with Gasteiger partial charge in [0, 0.05) is 25.2 Å². The maximum absolute atomic E-state index is 14.1. The molecule has 45 heavy (non-hydrogen) atoms. The zero-order valence-corrected chi connectivity index (χ0v) is 30.2. The molecular formula is C35H63N5O5. The molecule has 0 saturated carbocycles. The van der Waals surface area contributed by atoms with Crippen molar-refractivity contribution in [1.82, 2.24) is 25.3 Å². The first-order valence-electron chi connectivity index (χ1n) is 17.0. The number of hydrogen-bond acceptors (Lipinski definition) is 6. The number of carbonyl (C=O) groups is 4. The quantitative estimate of drug-likeness (QED) is 0.298. The Morgan fingerprint density at radius 3 is 1.96 bits per heavy atom. The maximum atomic E-state index is 14.1. The van der Waals surface area contributed by atoms with Crippen LogP contribution in [0.1, 0.15) is 108 Å². The summed E-state index contributed by atoms with van der Waals surface area (Å²) in [7, 11) is 1.74. The van der Waals surface area contributed by atoms with Crippen LogP contribution in [0.15, 0.2) is 11.6 Å². The average Bonchev–Trinajstić information content (AvgIpc) is 3.44. The summed E-state index contributed by atoms with van der Waals surface area (Å²) >= 11 is 0. The fraction of sp³-hybridized carbons (Fsp3) is 0.829. The number of aliphatic hydroxyl groups excluding tert-OH is 1. The largest absolute Gasteiger partial charge is 0.394 e. The lowest BCUT2D eigenvalue weighted by Crippen LogP contribution is -2.60. The van der Waals surface area contributed by atoms with Gasteiger partial charge in [0.2, 0.25) is 23.6 Å². The lowest BCUT2D eigenvalue weighted by Gasteiger charge is -2.41. The highest BCUT2D eigenvalue weighted by Gasteiger charge is 2.41. The van der Waals surface area contributed by atoms with E-state index in [0.29, 0.717) is 25.0 Å². The molecule has 10 heteroatoms. The number of likely N-dealkylation sites (N-methyl/N-ethyl adjacent to an activating group) is 1. The molecule has 5 atom stereocenters. The summed E-state index contributed by atoms with van der Waals surface area (Å²) in [4.78, 5) is 60.2. The van der Waals surface area contributed by atoms with E-state index < -0.39 is 29.6 Å². The molecule has 0 aromatic rings. The standard InChI is InChI=1S/C35H63N5O5/c1-22(2)27(20-24(5)32(44)40-19-15-17-26(40)30(42)36-28(21-41)34(6,7)8)38(12)33(45)29(35(9,10)11)37-31(43)25-16-13-14-18-39(25)23(3)4/h20,22-23,25-29,41H,13-19,21H2,1-12H3,(H,36,42)(H,37,43)/t25-,26+,27-,28-,29-/m1/s1. The van der Waals surface area contributed by atoms with E-state index in [1.54, 1.807) is 23.8 Å². The number of piperidine rings is 1. The van der Waals surface area contributed by atoms with Crippen molar-refractivity contribution in [2.24, 2.45) is 16.7 Å². The van der Waals surface area contributed by atoms with Crippen LogP contribution in [0.3, 0.4) is 0 Å². The molecule has 0 aromatic heterocycles. The van der Waals surface area contributed by atoms with Gasteiger partial charge in [-0.2, -0.15) is 0 Å². The van der Waals surface area contributed by atoms with E-state index in [9.17, 15) is 24.3 Å². The highest BCUT2D eigenvalue weighted by molar-refractivity contribution is 5.97. The summed E-state index contributed by atoms with van der Waals surface area (Å²) in [5, 5.41) is 15.9. The second-order valence-electron chi connectivity index (χ2n) is 16.0. The minimum Gasteiger partial charge on any atom is -0.394 e. The Morgan fingerprint density at radius 1 is 0.867 bits per heavy atom. The van der Waals surface area contributed by atoms with Gasteiger partial charge in [-0.15, -0.1) is 0 Å². The van der Waals surface area contributed by atoms with Crippen LogP contribution in [-0.4, -0.2) is 106 Å². The van der Waals surface area contributed by atoms with Crippen LogP contribution in [0.25, 0.3) is 0 Å². The number of likely N-dealkylation sites (tertiary alicyclic amines) is 2. The molecule has 2 aliphatic heterocycles. The van der Waals surface area contributed by atoms with E-state index in [-0.39, 0.29) is 53.7 Å². The first-order chi connectivity index (χ1) is 20.7. The number of hydrogen-bond donors (Lipinski definition) is 3. The highest BCUT2D eigenvalue weighted by Crippen LogP contribution is 2.27. The summed E-state index contributed by atoms with van der Waals surface area (Å²) < 4.78 is 0. The van der Waals surface area contributed by atoms with Crippen molar-refractivity contribution in [2.45, 2.75) is 145 Å². The van der Waals surface area contributed by atoms with Crippen LogP contribution in [0.5, 0.6) is 0 Å². The molecule has 2 saturated heterocycles. The number of aliphatic hydroxyl groups is 1. The summed E-state index contributed by atoms with van der Waals surface area (Å²) in [5.41, 5.74) is -0.401. The third-order valence-corrected chi connectivity index (χ3v) is 9.51. The first-order valence-corrected chi connectivity index (χ1v) is 17.0. The van der Waals surface area contributed by atoms with Crippen molar-refractivity contribution >= 4 is 23.6 Å². The molecule has 0 radical (unpaired) electrons. The lowest BCUT2D eigenvalue weighted by molar-refractivity contribution is -0.142. The first kappa shape index (κ1) is 38.7. The van der Waals surface area contributed by atoms with Gasteiger partial charge in [-0.25, -0.2) is 0 Å². The van der Waals surface area contributed by atoms with Crippen molar-refractivity contribution in [2.75, 3.05) is 26.7 Å². The van der Waals surface area contributed by atoms with Crippen LogP contribution in [0, 0.1) is 16.7 Å². The molecule has 2 heterocycles. The van der Waals surface area contributed by atoms with Crippen LogP contribution < -0.4 is 10.6 Å². The third-order valence-electron chi connectivity index (χ3n) is 9.51. The SMILES string of the molecule is CC(=C[C@H](C(C)C)N(C)C(=O)[C@@H](NC(=O)[C@H]1CCCCN1C(C)C)C(C)(C)C)C(=O)N1CCC[C@H]1C(=O)N[C@H](CO)C(C)(C)C. The molecule has 2 aliphatic rings. The normalized spacial score (nSPS) is 22.3. The van der Waals surface area contributed by atoms with Crippen molar-refractivity contribution < 1.29 is 24.3 Å². The van der Waals surface area contributed by atoms with Crippen molar-refractivity contribution in [3.05, 3.63) is 11.6 Å². The Hall–Kier alpha value is -2.46. The molecule has 0 spiro atoms. The van der Waals surface area contributed by atoms with Crippen molar-refractivity contribution in [3.63, 3.8) is 0 Å². The van der Waals surface area contributed by atoms with Crippen LogP contribution in [0.2, 0.25) is 0 Å². The monoisotopic (exact) mass is 633 g/mol. The Balaban J connectivity index is 2.27. The second kappa shape index (κ2) is 15.9. The molecule has 3 N–H and O–H groups in total. The molecule has 2 fully saturated rings. The van der Waals surface area contributed by atoms with E-state index in [1.807, 2.05) is 61.5 Å². The fourth-order valence-electron chi connectivity index (χ4n) is 6.48. The minimum absolute atomic E-state index is 0.0115. The Kier molecular flexibility index (Phi) is 13.7. The van der Waals surface area contributed by atoms with Gasteiger partial charge in [-0.1, -0.05) is 67.9 Å². The van der Waals surface area contributed by atoms with Crippen LogP contribution >= 0.6 is 0 Å². The molecular weight excluding hydrogens is 570 g/mol. The van der Waals surface area contributed by atoms with Gasteiger partial charge in [-0.05, 0) is 69.7 Å². The van der Waals surface area contributed by atoms with Gasteiger partial charge in [0.1, 0.15) is 12.1 Å². The van der Waals surface area contributed by atoms with Gasteiger partial charge in [0.05, 0.1) is 24.7 Å². The molecule has 0 unspecified atom stereocenters. The Morgan fingerprint density at radius 2 is 1.44 bits per heavy atom. The van der Waals surface area contributed by atoms with Gasteiger partial charge >= 0.3 is 0 Å². The number of amides is 4. The molecule has 258 valence electrons. The molecule has 2 rings (SSSR count). The molecule has 0 bridgehead atoms. The van der Waals surface area contributed by atoms with Crippen molar-refractivity contribution in [3.8, 4) is 0 Å². The third kappa shape index (κ3) is 10.0. The summed E-state index contributed by atoms with van der Waals surface area (Å²) in [6.45, 7) is 22.8. The van der Waals surface area contributed by atoms with Crippen LogP contribution in [-0.2, 0) is 19.2 Å².